The lowest BCUT2D eigenvalue weighted by Gasteiger charge is -2.39. The highest BCUT2D eigenvalue weighted by Crippen LogP contribution is 2.60. The van der Waals surface area contributed by atoms with E-state index in [2.05, 4.69) is 93.1 Å². The molecule has 0 aliphatic carbocycles. The van der Waals surface area contributed by atoms with Crippen LogP contribution in [0.5, 0.6) is 5.75 Å². The molecule has 2 amide bonds. The van der Waals surface area contributed by atoms with Crippen LogP contribution in [-0.2, 0) is 32.9 Å². The first-order chi connectivity index (χ1) is 24.8. The Hall–Kier alpha value is -3.50. The van der Waals surface area contributed by atoms with Crippen molar-refractivity contribution in [3.63, 3.8) is 0 Å². The molecule has 1 spiro atoms. The Balaban J connectivity index is 1.39. The van der Waals surface area contributed by atoms with Crippen molar-refractivity contribution in [3.8, 4) is 5.75 Å². The van der Waals surface area contributed by atoms with Crippen molar-refractivity contribution in [2.75, 3.05) is 25.2 Å². The van der Waals surface area contributed by atoms with E-state index in [0.717, 1.165) is 39.9 Å². The van der Waals surface area contributed by atoms with Gasteiger partial charge in [0.15, 0.2) is 5.60 Å². The highest BCUT2D eigenvalue weighted by Gasteiger charge is 2.66. The summed E-state index contributed by atoms with van der Waals surface area (Å²) < 4.78 is 13.6. The lowest BCUT2D eigenvalue weighted by molar-refractivity contribution is -0.150. The van der Waals surface area contributed by atoms with Gasteiger partial charge in [-0.3, -0.25) is 9.59 Å². The summed E-state index contributed by atoms with van der Waals surface area (Å²) in [7, 11) is -0.781. The number of rotatable bonds is 11. The van der Waals surface area contributed by atoms with Gasteiger partial charge in [-0.05, 0) is 87.0 Å². The largest absolute Gasteiger partial charge is 0.497 e. The Bertz CT molecular complexity index is 1870. The Labute approximate surface area is 318 Å². The number of anilines is 1. The van der Waals surface area contributed by atoms with Crippen molar-refractivity contribution >= 4 is 46.7 Å². The molecule has 7 nitrogen and oxygen atoms in total. The van der Waals surface area contributed by atoms with Gasteiger partial charge in [0.1, 0.15) is 5.75 Å². The minimum absolute atomic E-state index is 0.0565. The molecule has 3 aromatic rings. The molecule has 0 bridgehead atoms. The molecule has 0 saturated carbocycles. The van der Waals surface area contributed by atoms with Crippen LogP contribution in [0.15, 0.2) is 94.5 Å². The highest BCUT2D eigenvalue weighted by atomic mass is 79.9. The second-order valence-corrected chi connectivity index (χ2v) is 21.2. The number of aliphatic hydroxyl groups excluding tert-OH is 1. The summed E-state index contributed by atoms with van der Waals surface area (Å²) in [4.78, 5) is 33.3. The maximum absolute atomic E-state index is 15.1. The molecule has 0 radical (unpaired) electrons. The Morgan fingerprint density at radius 2 is 1.77 bits per heavy atom. The molecule has 0 unspecified atom stereocenters. The Morgan fingerprint density at radius 1 is 1.06 bits per heavy atom. The molecule has 3 heterocycles. The van der Waals surface area contributed by atoms with Crippen molar-refractivity contribution in [1.29, 1.82) is 0 Å². The predicted octanol–water partition coefficient (Wildman–Crippen LogP) is 8.05. The van der Waals surface area contributed by atoms with Gasteiger partial charge in [0.2, 0.25) is 5.91 Å². The van der Waals surface area contributed by atoms with E-state index in [1.165, 1.54) is 21.9 Å². The van der Waals surface area contributed by atoms with Crippen LogP contribution in [0, 0.1) is 5.92 Å². The molecule has 6 rings (SSSR count). The summed E-state index contributed by atoms with van der Waals surface area (Å²) in [6.07, 6.45) is 6.53. The number of nitrogens with zero attached hydrogens (tertiary/aromatic N) is 2. The monoisotopic (exact) mass is 784 g/mol. The van der Waals surface area contributed by atoms with Gasteiger partial charge < -0.3 is 24.4 Å². The summed E-state index contributed by atoms with van der Waals surface area (Å²) in [5.74, 6) is 0.440. The van der Waals surface area contributed by atoms with Crippen molar-refractivity contribution in [3.05, 3.63) is 111 Å². The summed E-state index contributed by atoms with van der Waals surface area (Å²) >= 11 is 3.71. The molecule has 3 aromatic carbocycles. The van der Waals surface area contributed by atoms with Gasteiger partial charge in [0.25, 0.3) is 5.91 Å². The topological polar surface area (TPSA) is 79.3 Å². The van der Waals surface area contributed by atoms with Crippen LogP contribution in [0.1, 0.15) is 63.6 Å². The number of ether oxygens (including phenoxy) is 2. The highest BCUT2D eigenvalue weighted by molar-refractivity contribution is 9.10. The van der Waals surface area contributed by atoms with Crippen LogP contribution < -0.4 is 14.8 Å². The number of carbonyl (C=O) groups excluding carboxylic acids is 2. The number of halogens is 1. The number of benzene rings is 3. The van der Waals surface area contributed by atoms with E-state index in [-0.39, 0.29) is 42.3 Å². The third-order valence-corrected chi connectivity index (χ3v) is 16.6. The molecule has 5 atom stereocenters. The fourth-order valence-electron chi connectivity index (χ4n) is 8.94. The van der Waals surface area contributed by atoms with E-state index < -0.39 is 19.8 Å². The van der Waals surface area contributed by atoms with E-state index >= 15 is 4.79 Å². The Kier molecular flexibility index (Phi) is 11.4. The quantitative estimate of drug-likeness (QED) is 0.157. The third kappa shape index (κ3) is 7.09. The van der Waals surface area contributed by atoms with E-state index in [9.17, 15) is 9.90 Å². The van der Waals surface area contributed by atoms with E-state index in [0.29, 0.717) is 19.5 Å². The number of aliphatic hydroxyl groups is 1. The van der Waals surface area contributed by atoms with Crippen LogP contribution in [0.2, 0.25) is 18.6 Å². The molecule has 3 aliphatic rings. The maximum Gasteiger partial charge on any atom is 0.264 e. The fraction of sp³-hybridized carbons (Fsp3) is 0.442. The zero-order chi connectivity index (χ0) is 37.4. The normalized spacial score (nSPS) is 24.2. The van der Waals surface area contributed by atoms with Crippen LogP contribution in [0.25, 0.3) is 0 Å². The van der Waals surface area contributed by atoms with E-state index in [1.54, 1.807) is 7.11 Å². The van der Waals surface area contributed by atoms with Crippen LogP contribution in [0.4, 0.5) is 5.69 Å². The predicted molar refractivity (Wildman–Crippen MR) is 215 cm³/mol. The average molecular weight is 786 g/mol. The second kappa shape index (κ2) is 15.5. The first kappa shape index (κ1) is 38.2. The number of amides is 2. The number of carbonyl (C=O) groups is 2. The summed E-state index contributed by atoms with van der Waals surface area (Å²) in [5.41, 5.74) is 5.20. The third-order valence-electron chi connectivity index (χ3n) is 11.8. The van der Waals surface area contributed by atoms with Crippen molar-refractivity contribution < 1.29 is 24.2 Å². The number of hydrogen-bond acceptors (Lipinski definition) is 5. The standard InChI is InChI=1S/C43H53BrN2O5Si/c1-28(2)11-10-12-29(3)21-22-45-38-20-15-33(44)24-37(38)43(42(45)49)30(4)41(52(6,7)36-18-16-35(50-5)17-19-36)39(51-43)25-40(48)46-26-32-14-9-8-13-31(32)23-34(46)27-47/h8-9,11,13-21,24,30,34,39,41,47H,10,12,22-23,25-27H2,1-7H3/b29-21+/t30-,34+,39+,41-,43+/m1/s1. The smallest absolute Gasteiger partial charge is 0.264 e. The molecule has 3 aliphatic heterocycles. The van der Waals surface area contributed by atoms with Crippen LogP contribution in [0.3, 0.4) is 0 Å². The molecule has 1 fully saturated rings. The number of fused-ring (bicyclic) bond motifs is 3. The summed E-state index contributed by atoms with van der Waals surface area (Å²) in [5, 5.41) is 11.7. The summed E-state index contributed by atoms with van der Waals surface area (Å²) in [6.45, 7) is 14.0. The average Bonchev–Trinajstić information content (AvgIpc) is 3.55. The maximum atomic E-state index is 15.1. The fourth-order valence-corrected chi connectivity index (χ4v) is 13.3. The molecule has 0 aromatic heterocycles. The molecular weight excluding hydrogens is 732 g/mol. The van der Waals surface area contributed by atoms with Gasteiger partial charge in [-0.2, -0.15) is 0 Å². The lowest BCUT2D eigenvalue weighted by atomic mass is 9.82. The minimum Gasteiger partial charge on any atom is -0.497 e. The first-order valence-corrected chi connectivity index (χ1v) is 22.4. The van der Waals surface area contributed by atoms with Crippen molar-refractivity contribution in [2.45, 2.75) is 96.3 Å². The van der Waals surface area contributed by atoms with Gasteiger partial charge in [0.05, 0.1) is 46.0 Å². The minimum atomic E-state index is -2.45. The zero-order valence-corrected chi connectivity index (χ0v) is 34.2. The Morgan fingerprint density at radius 3 is 2.44 bits per heavy atom. The lowest BCUT2D eigenvalue weighted by Crippen LogP contribution is -2.52. The van der Waals surface area contributed by atoms with Gasteiger partial charge in [-0.15, -0.1) is 0 Å². The molecule has 1 saturated heterocycles. The summed E-state index contributed by atoms with van der Waals surface area (Å²) in [6, 6.07) is 22.2. The van der Waals surface area contributed by atoms with E-state index in [1.807, 2.05) is 52.3 Å². The molecule has 276 valence electrons. The molecule has 52 heavy (non-hydrogen) atoms. The van der Waals surface area contributed by atoms with Gasteiger partial charge in [-0.25, -0.2) is 0 Å². The van der Waals surface area contributed by atoms with Crippen LogP contribution >= 0.6 is 15.9 Å². The van der Waals surface area contributed by atoms with Crippen molar-refractivity contribution in [1.82, 2.24) is 4.90 Å². The van der Waals surface area contributed by atoms with Gasteiger partial charge >= 0.3 is 0 Å². The molecule has 9 heteroatoms. The van der Waals surface area contributed by atoms with Crippen molar-refractivity contribution in [2.24, 2.45) is 5.92 Å². The van der Waals surface area contributed by atoms with Gasteiger partial charge in [-0.1, -0.05) is 101 Å². The zero-order valence-electron chi connectivity index (χ0n) is 31.6. The number of hydrogen-bond donors (Lipinski definition) is 1. The van der Waals surface area contributed by atoms with E-state index in [4.69, 9.17) is 9.47 Å². The van der Waals surface area contributed by atoms with Crippen LogP contribution in [-0.4, -0.2) is 62.3 Å². The first-order valence-electron chi connectivity index (χ1n) is 18.5. The van der Waals surface area contributed by atoms with Gasteiger partial charge in [0, 0.05) is 29.0 Å². The molecular formula is C43H53BrN2O5Si. The SMILES string of the molecule is COc1ccc([Si](C)(C)[C@H]2[C@H](CC(=O)N3Cc4ccccc4C[C@H]3CO)O[C@@]3(C(=O)N(C/C=C(\C)CCC=C(C)C)c4ccc(Br)cc43)[C@@H]2C)cc1. The number of methoxy groups -OCH3 is 1. The number of allylic oxidation sites excluding steroid dienone is 3. The second-order valence-electron chi connectivity index (χ2n) is 15.6. The molecule has 1 N–H and O–H groups in total.